The lowest BCUT2D eigenvalue weighted by molar-refractivity contribution is -0.138. The summed E-state index contributed by atoms with van der Waals surface area (Å²) in [5, 5.41) is 8.56. The molecule has 5 nitrogen and oxygen atoms in total. The molecule has 0 fully saturated rings. The minimum atomic E-state index is -0.770. The van der Waals surface area contributed by atoms with E-state index in [-0.39, 0.29) is 6.54 Å². The van der Waals surface area contributed by atoms with E-state index in [4.69, 9.17) is 5.11 Å². The second kappa shape index (κ2) is 7.62. The van der Waals surface area contributed by atoms with E-state index in [2.05, 4.69) is 16.8 Å². The quantitative estimate of drug-likeness (QED) is 0.594. The standard InChI is InChI=1S/C10H23N3O2/c1-11(2)5-6-12(3)7-8-13(4)9-10(14)15/h5-9H2,1-4H3,(H,14,15). The normalized spacial score (nSPS) is 11.7. The maximum atomic E-state index is 10.4. The molecule has 0 aromatic carbocycles. The molecule has 0 aromatic rings. The number of nitrogens with zero attached hydrogens (tertiary/aromatic N) is 3. The molecular formula is C10H23N3O2. The molecule has 15 heavy (non-hydrogen) atoms. The molecule has 0 bridgehead atoms. The average Bonchev–Trinajstić information content (AvgIpc) is 2.10. The van der Waals surface area contributed by atoms with Gasteiger partial charge in [-0.2, -0.15) is 0 Å². The number of rotatable bonds is 8. The highest BCUT2D eigenvalue weighted by atomic mass is 16.4. The predicted octanol–water partition coefficient (Wildman–Crippen LogP) is -0.504. The minimum absolute atomic E-state index is 0.113. The number of aliphatic carboxylic acids is 1. The van der Waals surface area contributed by atoms with Crippen LogP contribution in [0.2, 0.25) is 0 Å². The Labute approximate surface area is 92.3 Å². The first-order valence-electron chi connectivity index (χ1n) is 5.15. The van der Waals surface area contributed by atoms with Crippen LogP contribution in [0.15, 0.2) is 0 Å². The van der Waals surface area contributed by atoms with Gasteiger partial charge in [0.2, 0.25) is 0 Å². The highest BCUT2D eigenvalue weighted by Crippen LogP contribution is 1.87. The van der Waals surface area contributed by atoms with Crippen LogP contribution in [0.3, 0.4) is 0 Å². The lowest BCUT2D eigenvalue weighted by atomic mass is 10.4. The van der Waals surface area contributed by atoms with Gasteiger partial charge in [0.1, 0.15) is 0 Å². The molecule has 0 saturated heterocycles. The number of hydrogen-bond acceptors (Lipinski definition) is 4. The molecule has 0 saturated carbocycles. The van der Waals surface area contributed by atoms with Crippen molar-refractivity contribution in [2.24, 2.45) is 0 Å². The van der Waals surface area contributed by atoms with Gasteiger partial charge in [-0.15, -0.1) is 0 Å². The molecule has 0 aromatic heterocycles. The Hall–Kier alpha value is -0.650. The molecule has 0 aliphatic rings. The van der Waals surface area contributed by atoms with Crippen LogP contribution >= 0.6 is 0 Å². The molecule has 0 aliphatic carbocycles. The highest BCUT2D eigenvalue weighted by Gasteiger charge is 2.05. The highest BCUT2D eigenvalue weighted by molar-refractivity contribution is 5.68. The van der Waals surface area contributed by atoms with Crippen molar-refractivity contribution < 1.29 is 9.90 Å². The van der Waals surface area contributed by atoms with Crippen LogP contribution in [0.4, 0.5) is 0 Å². The fraction of sp³-hybridized carbons (Fsp3) is 0.900. The smallest absolute Gasteiger partial charge is 0.317 e. The van der Waals surface area contributed by atoms with Crippen LogP contribution in [0, 0.1) is 0 Å². The van der Waals surface area contributed by atoms with E-state index in [1.165, 1.54) is 0 Å². The zero-order valence-corrected chi connectivity index (χ0v) is 10.2. The summed E-state index contributed by atoms with van der Waals surface area (Å²) in [6.07, 6.45) is 0. The number of likely N-dealkylation sites (N-methyl/N-ethyl adjacent to an activating group) is 3. The molecular weight excluding hydrogens is 194 g/mol. The summed E-state index contributed by atoms with van der Waals surface area (Å²) in [4.78, 5) is 16.6. The zero-order chi connectivity index (χ0) is 11.8. The Morgan fingerprint density at radius 2 is 1.40 bits per heavy atom. The van der Waals surface area contributed by atoms with Crippen LogP contribution in [0.1, 0.15) is 0 Å². The fourth-order valence-electron chi connectivity index (χ4n) is 1.13. The van der Waals surface area contributed by atoms with Gasteiger partial charge in [-0.3, -0.25) is 9.69 Å². The van der Waals surface area contributed by atoms with Crippen molar-refractivity contribution in [3.8, 4) is 0 Å². The van der Waals surface area contributed by atoms with Gasteiger partial charge in [0, 0.05) is 26.2 Å². The third kappa shape index (κ3) is 9.65. The molecule has 1 N–H and O–H groups in total. The van der Waals surface area contributed by atoms with E-state index in [0.717, 1.165) is 26.2 Å². The molecule has 0 heterocycles. The van der Waals surface area contributed by atoms with Gasteiger partial charge in [-0.25, -0.2) is 0 Å². The van der Waals surface area contributed by atoms with Crippen LogP contribution in [0.25, 0.3) is 0 Å². The average molecular weight is 217 g/mol. The summed E-state index contributed by atoms with van der Waals surface area (Å²) in [6, 6.07) is 0. The second-order valence-corrected chi connectivity index (χ2v) is 4.24. The van der Waals surface area contributed by atoms with Crippen molar-refractivity contribution in [3.05, 3.63) is 0 Å². The van der Waals surface area contributed by atoms with Crippen molar-refractivity contribution in [2.75, 3.05) is 60.9 Å². The van der Waals surface area contributed by atoms with Crippen LogP contribution in [0.5, 0.6) is 0 Å². The van der Waals surface area contributed by atoms with Crippen molar-refractivity contribution in [3.63, 3.8) is 0 Å². The van der Waals surface area contributed by atoms with Gasteiger partial charge in [-0.05, 0) is 28.2 Å². The Morgan fingerprint density at radius 1 is 0.933 bits per heavy atom. The van der Waals surface area contributed by atoms with Gasteiger partial charge in [0.25, 0.3) is 0 Å². The number of hydrogen-bond donors (Lipinski definition) is 1. The molecule has 0 aliphatic heterocycles. The maximum Gasteiger partial charge on any atom is 0.317 e. The summed E-state index contributed by atoms with van der Waals surface area (Å²) < 4.78 is 0. The number of carbonyl (C=O) groups is 1. The SMILES string of the molecule is CN(C)CCN(C)CCN(C)CC(=O)O. The van der Waals surface area contributed by atoms with Crippen molar-refractivity contribution in [1.82, 2.24) is 14.7 Å². The largest absolute Gasteiger partial charge is 0.480 e. The van der Waals surface area contributed by atoms with E-state index in [1.54, 1.807) is 0 Å². The van der Waals surface area contributed by atoms with Gasteiger partial charge in [0.15, 0.2) is 0 Å². The summed E-state index contributed by atoms with van der Waals surface area (Å²) in [5.74, 6) is -0.770. The molecule has 0 radical (unpaired) electrons. The van der Waals surface area contributed by atoms with Crippen molar-refractivity contribution >= 4 is 5.97 Å². The molecule has 0 amide bonds. The molecule has 5 heteroatoms. The molecule has 0 atom stereocenters. The van der Waals surface area contributed by atoms with Crippen molar-refractivity contribution in [2.45, 2.75) is 0 Å². The summed E-state index contributed by atoms with van der Waals surface area (Å²) in [6.45, 7) is 3.84. The van der Waals surface area contributed by atoms with Gasteiger partial charge >= 0.3 is 5.97 Å². The van der Waals surface area contributed by atoms with E-state index in [9.17, 15) is 4.79 Å². The topological polar surface area (TPSA) is 47.0 Å². The summed E-state index contributed by atoms with van der Waals surface area (Å²) >= 11 is 0. The molecule has 0 spiro atoms. The van der Waals surface area contributed by atoms with E-state index < -0.39 is 5.97 Å². The Kier molecular flexibility index (Phi) is 7.29. The van der Waals surface area contributed by atoms with E-state index >= 15 is 0 Å². The fourth-order valence-corrected chi connectivity index (χ4v) is 1.13. The Morgan fingerprint density at radius 3 is 1.87 bits per heavy atom. The minimum Gasteiger partial charge on any atom is -0.480 e. The van der Waals surface area contributed by atoms with Crippen LogP contribution < -0.4 is 0 Å². The summed E-state index contributed by atoms with van der Waals surface area (Å²) in [5.41, 5.74) is 0. The van der Waals surface area contributed by atoms with Gasteiger partial charge < -0.3 is 14.9 Å². The number of carboxylic acid groups (broad SMARTS) is 1. The number of carboxylic acids is 1. The maximum absolute atomic E-state index is 10.4. The predicted molar refractivity (Wildman–Crippen MR) is 61.2 cm³/mol. The lowest BCUT2D eigenvalue weighted by Gasteiger charge is -2.22. The first kappa shape index (κ1) is 14.3. The molecule has 0 rings (SSSR count). The van der Waals surface area contributed by atoms with Crippen LogP contribution in [-0.4, -0.2) is 86.7 Å². The van der Waals surface area contributed by atoms with E-state index in [0.29, 0.717) is 0 Å². The first-order chi connectivity index (χ1) is 6.91. The molecule has 90 valence electrons. The summed E-state index contributed by atoms with van der Waals surface area (Å²) in [7, 11) is 7.97. The van der Waals surface area contributed by atoms with Crippen molar-refractivity contribution in [1.29, 1.82) is 0 Å². The van der Waals surface area contributed by atoms with Crippen LogP contribution in [-0.2, 0) is 4.79 Å². The zero-order valence-electron chi connectivity index (χ0n) is 10.2. The molecule has 0 unspecified atom stereocenters. The Balaban J connectivity index is 3.52. The lowest BCUT2D eigenvalue weighted by Crippen LogP contribution is -2.36. The monoisotopic (exact) mass is 217 g/mol. The third-order valence-corrected chi connectivity index (χ3v) is 2.20. The van der Waals surface area contributed by atoms with Gasteiger partial charge in [0.05, 0.1) is 6.54 Å². The Bertz CT molecular complexity index is 186. The van der Waals surface area contributed by atoms with E-state index in [1.807, 2.05) is 26.0 Å². The second-order valence-electron chi connectivity index (χ2n) is 4.24. The van der Waals surface area contributed by atoms with Gasteiger partial charge in [-0.1, -0.05) is 0 Å². The first-order valence-corrected chi connectivity index (χ1v) is 5.15. The third-order valence-electron chi connectivity index (χ3n) is 2.20.